The Morgan fingerprint density at radius 2 is 2.19 bits per heavy atom. The standard InChI is InChI=1S/C12H22O4/c1-8(2)9-4-5-12(3,6-10(9)13)16-7-11(14)15/h8-10,13H,4-7H2,1-3H3,(H,14,15). The zero-order valence-corrected chi connectivity index (χ0v) is 10.3. The number of aliphatic hydroxyl groups is 1. The molecule has 0 saturated heterocycles. The van der Waals surface area contributed by atoms with Gasteiger partial charge in [0.2, 0.25) is 0 Å². The third kappa shape index (κ3) is 3.46. The molecule has 0 spiro atoms. The number of hydrogen-bond donors (Lipinski definition) is 2. The summed E-state index contributed by atoms with van der Waals surface area (Å²) >= 11 is 0. The van der Waals surface area contributed by atoms with Crippen LogP contribution >= 0.6 is 0 Å². The first-order valence-corrected chi connectivity index (χ1v) is 5.88. The molecule has 1 aliphatic carbocycles. The predicted octanol–water partition coefficient (Wildman–Crippen LogP) is 1.66. The second kappa shape index (κ2) is 5.15. The molecule has 1 saturated carbocycles. The van der Waals surface area contributed by atoms with Crippen LogP contribution in [0.5, 0.6) is 0 Å². The van der Waals surface area contributed by atoms with Crippen molar-refractivity contribution in [1.29, 1.82) is 0 Å². The highest BCUT2D eigenvalue weighted by Gasteiger charge is 2.39. The van der Waals surface area contributed by atoms with Crippen LogP contribution in [0.4, 0.5) is 0 Å². The van der Waals surface area contributed by atoms with Crippen LogP contribution in [0.25, 0.3) is 0 Å². The van der Waals surface area contributed by atoms with E-state index in [4.69, 9.17) is 9.84 Å². The number of ether oxygens (including phenoxy) is 1. The smallest absolute Gasteiger partial charge is 0.329 e. The molecule has 0 radical (unpaired) electrons. The van der Waals surface area contributed by atoms with Crippen LogP contribution in [0.2, 0.25) is 0 Å². The minimum Gasteiger partial charge on any atom is -0.480 e. The van der Waals surface area contributed by atoms with Gasteiger partial charge < -0.3 is 14.9 Å². The molecule has 0 amide bonds. The van der Waals surface area contributed by atoms with Crippen molar-refractivity contribution in [3.8, 4) is 0 Å². The SMILES string of the molecule is CC(C)C1CCC(C)(OCC(=O)O)CC1O. The first kappa shape index (κ1) is 13.5. The lowest BCUT2D eigenvalue weighted by molar-refractivity contribution is -0.157. The average molecular weight is 230 g/mol. The van der Waals surface area contributed by atoms with Gasteiger partial charge >= 0.3 is 5.97 Å². The fraction of sp³-hybridized carbons (Fsp3) is 0.917. The molecule has 0 aromatic rings. The van der Waals surface area contributed by atoms with Crippen molar-refractivity contribution in [1.82, 2.24) is 0 Å². The van der Waals surface area contributed by atoms with Crippen molar-refractivity contribution in [3.05, 3.63) is 0 Å². The summed E-state index contributed by atoms with van der Waals surface area (Å²) in [5, 5.41) is 18.6. The van der Waals surface area contributed by atoms with Crippen molar-refractivity contribution < 1.29 is 19.7 Å². The third-order valence-corrected chi connectivity index (χ3v) is 3.54. The number of hydrogen-bond acceptors (Lipinski definition) is 3. The van der Waals surface area contributed by atoms with Gasteiger partial charge in [0.25, 0.3) is 0 Å². The lowest BCUT2D eigenvalue weighted by Gasteiger charge is -2.41. The highest BCUT2D eigenvalue weighted by molar-refractivity contribution is 5.68. The molecule has 4 heteroatoms. The first-order chi connectivity index (χ1) is 7.34. The molecule has 1 fully saturated rings. The highest BCUT2D eigenvalue weighted by atomic mass is 16.5. The molecule has 3 atom stereocenters. The van der Waals surface area contributed by atoms with Crippen LogP contribution in [0, 0.1) is 11.8 Å². The van der Waals surface area contributed by atoms with E-state index in [1.54, 1.807) is 0 Å². The Labute approximate surface area is 96.6 Å². The number of carbonyl (C=O) groups is 1. The van der Waals surface area contributed by atoms with Crippen molar-refractivity contribution in [2.45, 2.75) is 51.7 Å². The van der Waals surface area contributed by atoms with Gasteiger partial charge in [0.15, 0.2) is 0 Å². The molecule has 0 bridgehead atoms. The summed E-state index contributed by atoms with van der Waals surface area (Å²) in [7, 11) is 0. The van der Waals surface area contributed by atoms with E-state index < -0.39 is 11.6 Å². The van der Waals surface area contributed by atoms with Gasteiger partial charge in [0.05, 0.1) is 11.7 Å². The van der Waals surface area contributed by atoms with E-state index in [2.05, 4.69) is 13.8 Å². The molecule has 16 heavy (non-hydrogen) atoms. The van der Waals surface area contributed by atoms with Crippen LogP contribution in [-0.4, -0.2) is 34.5 Å². The zero-order chi connectivity index (χ0) is 12.3. The van der Waals surface area contributed by atoms with E-state index in [9.17, 15) is 9.90 Å². The molecule has 1 aliphatic rings. The van der Waals surface area contributed by atoms with Gasteiger partial charge in [-0.1, -0.05) is 13.8 Å². The molecule has 0 heterocycles. The van der Waals surface area contributed by atoms with E-state index in [0.717, 1.165) is 12.8 Å². The topological polar surface area (TPSA) is 66.8 Å². The molecule has 4 nitrogen and oxygen atoms in total. The normalized spacial score (nSPS) is 35.3. The summed E-state index contributed by atoms with van der Waals surface area (Å²) < 4.78 is 5.37. The Morgan fingerprint density at radius 1 is 1.56 bits per heavy atom. The quantitative estimate of drug-likeness (QED) is 0.771. The number of aliphatic carboxylic acids is 1. The minimum absolute atomic E-state index is 0.282. The van der Waals surface area contributed by atoms with Crippen LogP contribution in [0.1, 0.15) is 40.0 Å². The molecule has 94 valence electrons. The fourth-order valence-electron chi connectivity index (χ4n) is 2.50. The van der Waals surface area contributed by atoms with Gasteiger partial charge in [-0.3, -0.25) is 0 Å². The number of rotatable bonds is 4. The largest absolute Gasteiger partial charge is 0.480 e. The monoisotopic (exact) mass is 230 g/mol. The summed E-state index contributed by atoms with van der Waals surface area (Å²) in [4.78, 5) is 10.5. The Bertz CT molecular complexity index is 251. The van der Waals surface area contributed by atoms with E-state index in [1.807, 2.05) is 6.92 Å². The molecule has 0 aromatic heterocycles. The van der Waals surface area contributed by atoms with Gasteiger partial charge in [-0.25, -0.2) is 4.79 Å². The molecular formula is C12H22O4. The van der Waals surface area contributed by atoms with Crippen molar-refractivity contribution in [2.24, 2.45) is 11.8 Å². The first-order valence-electron chi connectivity index (χ1n) is 5.88. The zero-order valence-electron chi connectivity index (χ0n) is 10.3. The molecule has 0 aromatic carbocycles. The lowest BCUT2D eigenvalue weighted by Crippen LogP contribution is -2.44. The van der Waals surface area contributed by atoms with E-state index in [0.29, 0.717) is 18.3 Å². The Hall–Kier alpha value is -0.610. The molecule has 1 rings (SSSR count). The van der Waals surface area contributed by atoms with Gasteiger partial charge in [-0.05, 0) is 31.6 Å². The summed E-state index contributed by atoms with van der Waals surface area (Å²) in [5.74, 6) is -0.192. The number of carboxylic acids is 1. The van der Waals surface area contributed by atoms with Crippen molar-refractivity contribution >= 4 is 5.97 Å². The fourth-order valence-corrected chi connectivity index (χ4v) is 2.50. The second-order valence-electron chi connectivity index (χ2n) is 5.35. The lowest BCUT2D eigenvalue weighted by atomic mass is 9.73. The predicted molar refractivity (Wildman–Crippen MR) is 60.2 cm³/mol. The molecular weight excluding hydrogens is 208 g/mol. The van der Waals surface area contributed by atoms with Gasteiger partial charge in [0.1, 0.15) is 6.61 Å². The Balaban J connectivity index is 2.51. The summed E-state index contributed by atoms with van der Waals surface area (Å²) in [6.07, 6.45) is 1.87. The molecule has 0 aliphatic heterocycles. The summed E-state index contributed by atoms with van der Waals surface area (Å²) in [5.41, 5.74) is -0.483. The van der Waals surface area contributed by atoms with Crippen molar-refractivity contribution in [3.63, 3.8) is 0 Å². The highest BCUT2D eigenvalue weighted by Crippen LogP contribution is 2.37. The van der Waals surface area contributed by atoms with E-state index in [1.165, 1.54) is 0 Å². The number of carboxylic acid groups (broad SMARTS) is 1. The second-order valence-corrected chi connectivity index (χ2v) is 5.35. The number of aliphatic hydroxyl groups excluding tert-OH is 1. The van der Waals surface area contributed by atoms with Crippen LogP contribution < -0.4 is 0 Å². The van der Waals surface area contributed by atoms with Crippen LogP contribution in [0.15, 0.2) is 0 Å². The van der Waals surface area contributed by atoms with E-state index in [-0.39, 0.29) is 12.7 Å². The maximum Gasteiger partial charge on any atom is 0.329 e. The molecule has 3 unspecified atom stereocenters. The van der Waals surface area contributed by atoms with Crippen molar-refractivity contribution in [2.75, 3.05) is 6.61 Å². The maximum atomic E-state index is 10.5. The molecule has 2 N–H and O–H groups in total. The maximum absolute atomic E-state index is 10.5. The summed E-state index contributed by atoms with van der Waals surface area (Å²) in [6.45, 7) is 5.81. The van der Waals surface area contributed by atoms with Gasteiger partial charge in [0, 0.05) is 6.42 Å². The Kier molecular flexibility index (Phi) is 4.33. The van der Waals surface area contributed by atoms with Crippen LogP contribution in [0.3, 0.4) is 0 Å². The van der Waals surface area contributed by atoms with Gasteiger partial charge in [-0.2, -0.15) is 0 Å². The summed E-state index contributed by atoms with van der Waals surface area (Å²) in [6, 6.07) is 0. The third-order valence-electron chi connectivity index (χ3n) is 3.54. The Morgan fingerprint density at radius 3 is 2.62 bits per heavy atom. The average Bonchev–Trinajstić information content (AvgIpc) is 2.14. The van der Waals surface area contributed by atoms with E-state index >= 15 is 0 Å². The minimum atomic E-state index is -0.957. The van der Waals surface area contributed by atoms with Gasteiger partial charge in [-0.15, -0.1) is 0 Å². The van der Waals surface area contributed by atoms with Crippen LogP contribution in [-0.2, 0) is 9.53 Å².